The van der Waals surface area contributed by atoms with Crippen molar-refractivity contribution in [3.8, 4) is 0 Å². The van der Waals surface area contributed by atoms with Crippen molar-refractivity contribution in [3.05, 3.63) is 53.3 Å². The van der Waals surface area contributed by atoms with Gasteiger partial charge in [0.05, 0.1) is 22.3 Å². The van der Waals surface area contributed by atoms with Crippen molar-refractivity contribution in [1.82, 2.24) is 24.4 Å². The maximum absolute atomic E-state index is 12.7. The zero-order valence-corrected chi connectivity index (χ0v) is 19.6. The first-order valence-electron chi connectivity index (χ1n) is 10.2. The van der Waals surface area contributed by atoms with Gasteiger partial charge in [-0.2, -0.15) is 9.40 Å². The van der Waals surface area contributed by atoms with Crippen LogP contribution in [0.4, 0.5) is 0 Å². The van der Waals surface area contributed by atoms with Crippen molar-refractivity contribution in [2.45, 2.75) is 58.1 Å². The molecule has 9 heteroatoms. The molecule has 3 rings (SSSR count). The highest BCUT2D eigenvalue weighted by molar-refractivity contribution is 7.89. The Bertz CT molecular complexity index is 1200. The molecule has 2 aromatic heterocycles. The maximum Gasteiger partial charge on any atom is 0.253 e. The summed E-state index contributed by atoms with van der Waals surface area (Å²) in [6, 6.07) is 8.40. The van der Waals surface area contributed by atoms with Crippen LogP contribution in [-0.2, 0) is 16.6 Å². The first-order valence-corrected chi connectivity index (χ1v) is 11.7. The number of benzene rings is 1. The maximum atomic E-state index is 12.7. The molecule has 31 heavy (non-hydrogen) atoms. The lowest BCUT2D eigenvalue weighted by atomic mass is 10.1. The second-order valence-electron chi connectivity index (χ2n) is 8.16. The van der Waals surface area contributed by atoms with E-state index in [-0.39, 0.29) is 29.4 Å². The minimum absolute atomic E-state index is 0.134. The average molecular weight is 444 g/mol. The van der Waals surface area contributed by atoms with E-state index in [9.17, 15) is 13.2 Å². The Balaban J connectivity index is 1.73. The number of carbonyl (C=O) groups excluding carboxylic acids is 1. The van der Waals surface area contributed by atoms with Crippen molar-refractivity contribution >= 4 is 27.0 Å². The third-order valence-corrected chi connectivity index (χ3v) is 7.32. The Morgan fingerprint density at radius 1 is 1.16 bits per heavy atom. The van der Waals surface area contributed by atoms with Crippen LogP contribution in [0.1, 0.15) is 55.4 Å². The first-order chi connectivity index (χ1) is 14.5. The molecule has 0 saturated carbocycles. The van der Waals surface area contributed by atoms with Crippen LogP contribution in [0.2, 0.25) is 0 Å². The highest BCUT2D eigenvalue weighted by Crippen LogP contribution is 2.20. The summed E-state index contributed by atoms with van der Waals surface area (Å²) >= 11 is 0. The normalized spacial score (nSPS) is 12.3. The summed E-state index contributed by atoms with van der Waals surface area (Å²) in [6.07, 6.45) is 1.71. The van der Waals surface area contributed by atoms with Gasteiger partial charge in [0.1, 0.15) is 0 Å². The summed E-state index contributed by atoms with van der Waals surface area (Å²) in [5.74, 6) is -0.236. The van der Waals surface area contributed by atoms with E-state index in [1.54, 1.807) is 50.5 Å². The molecular weight excluding hydrogens is 414 g/mol. The smallest absolute Gasteiger partial charge is 0.253 e. The predicted molar refractivity (Wildman–Crippen MR) is 120 cm³/mol. The van der Waals surface area contributed by atoms with Crippen molar-refractivity contribution in [3.63, 3.8) is 0 Å². The zero-order valence-electron chi connectivity index (χ0n) is 18.7. The molecule has 0 saturated heterocycles. The Labute approximate surface area is 183 Å². The number of nitrogens with one attached hydrogen (secondary N) is 1. The Morgan fingerprint density at radius 2 is 1.81 bits per heavy atom. The van der Waals surface area contributed by atoms with Gasteiger partial charge in [-0.15, -0.1) is 0 Å². The molecule has 0 aliphatic rings. The van der Waals surface area contributed by atoms with E-state index >= 15 is 0 Å². The van der Waals surface area contributed by atoms with E-state index < -0.39 is 10.0 Å². The van der Waals surface area contributed by atoms with Gasteiger partial charge in [0.15, 0.2) is 5.65 Å². The quantitative estimate of drug-likeness (QED) is 0.604. The largest absolute Gasteiger partial charge is 0.348 e. The van der Waals surface area contributed by atoms with Crippen LogP contribution in [0.15, 0.2) is 41.4 Å². The number of fused-ring (bicyclic) bond motifs is 1. The van der Waals surface area contributed by atoms with Crippen molar-refractivity contribution in [2.24, 2.45) is 0 Å². The van der Waals surface area contributed by atoms with Gasteiger partial charge in [-0.3, -0.25) is 4.79 Å². The van der Waals surface area contributed by atoms with Gasteiger partial charge in [0.25, 0.3) is 5.91 Å². The highest BCUT2D eigenvalue weighted by Gasteiger charge is 2.23. The van der Waals surface area contributed by atoms with Crippen molar-refractivity contribution < 1.29 is 13.2 Å². The van der Waals surface area contributed by atoms with Crippen LogP contribution in [0, 0.1) is 6.92 Å². The van der Waals surface area contributed by atoms with Crippen molar-refractivity contribution in [2.75, 3.05) is 7.05 Å². The number of rotatable bonds is 7. The minimum atomic E-state index is -3.53. The van der Waals surface area contributed by atoms with E-state index in [0.29, 0.717) is 11.3 Å². The monoisotopic (exact) mass is 443 g/mol. The SMILES string of the molecule is Cc1nc2c(cnn2C(C)C)cc1C(=O)NCc1ccc(S(=O)(=O)N(C)C(C)C)cc1. The van der Waals surface area contributed by atoms with E-state index in [4.69, 9.17) is 0 Å². The molecule has 1 N–H and O–H groups in total. The second-order valence-corrected chi connectivity index (χ2v) is 10.2. The summed E-state index contributed by atoms with van der Waals surface area (Å²) in [6.45, 7) is 9.79. The number of carbonyl (C=O) groups is 1. The van der Waals surface area contributed by atoms with Gasteiger partial charge >= 0.3 is 0 Å². The lowest BCUT2D eigenvalue weighted by molar-refractivity contribution is 0.0950. The predicted octanol–water partition coefficient (Wildman–Crippen LogP) is 3.28. The number of aryl methyl sites for hydroxylation is 1. The molecule has 0 spiro atoms. The zero-order chi connectivity index (χ0) is 22.9. The highest BCUT2D eigenvalue weighted by atomic mass is 32.2. The van der Waals surface area contributed by atoms with Gasteiger partial charge in [-0.05, 0) is 58.4 Å². The van der Waals surface area contributed by atoms with Crippen molar-refractivity contribution in [1.29, 1.82) is 0 Å². The van der Waals surface area contributed by atoms with E-state index in [1.165, 1.54) is 4.31 Å². The molecular formula is C22H29N5O3S. The molecule has 0 atom stereocenters. The van der Waals surface area contributed by atoms with Gasteiger partial charge in [0.2, 0.25) is 10.0 Å². The molecule has 3 aromatic rings. The van der Waals surface area contributed by atoms with E-state index in [0.717, 1.165) is 16.6 Å². The molecule has 0 bridgehead atoms. The standard InChI is InChI=1S/C22H29N5O3S/c1-14(2)26(6)31(29,30)19-9-7-17(8-10-19)12-23-22(28)20-11-18-13-24-27(15(3)4)21(18)25-16(20)5/h7-11,13-15H,12H2,1-6H3,(H,23,28). The van der Waals surface area contributed by atoms with Crippen LogP contribution in [0.3, 0.4) is 0 Å². The number of aromatic nitrogens is 3. The van der Waals surface area contributed by atoms with Crippen LogP contribution in [0.5, 0.6) is 0 Å². The Hall–Kier alpha value is -2.78. The number of sulfonamides is 1. The summed E-state index contributed by atoms with van der Waals surface area (Å²) in [5.41, 5.74) is 2.69. The fourth-order valence-corrected chi connectivity index (χ4v) is 4.54. The summed E-state index contributed by atoms with van der Waals surface area (Å²) in [4.78, 5) is 17.5. The fourth-order valence-electron chi connectivity index (χ4n) is 3.17. The number of hydrogen-bond acceptors (Lipinski definition) is 5. The summed E-state index contributed by atoms with van der Waals surface area (Å²) < 4.78 is 28.3. The van der Waals surface area contributed by atoms with Gasteiger partial charge in [-0.1, -0.05) is 12.1 Å². The molecule has 8 nitrogen and oxygen atoms in total. The number of hydrogen-bond donors (Lipinski definition) is 1. The average Bonchev–Trinajstić information content (AvgIpc) is 3.13. The van der Waals surface area contributed by atoms with Crippen LogP contribution < -0.4 is 5.32 Å². The topological polar surface area (TPSA) is 97.2 Å². The second kappa shape index (κ2) is 8.76. The summed E-state index contributed by atoms with van der Waals surface area (Å²) in [5, 5.41) is 8.05. The molecule has 0 aliphatic heterocycles. The summed E-state index contributed by atoms with van der Waals surface area (Å²) in [7, 11) is -1.97. The number of nitrogens with zero attached hydrogens (tertiary/aromatic N) is 4. The Kier molecular flexibility index (Phi) is 6.47. The molecule has 1 aromatic carbocycles. The number of amides is 1. The van der Waals surface area contributed by atoms with E-state index in [1.807, 2.05) is 32.4 Å². The molecule has 1 amide bonds. The molecule has 2 heterocycles. The lowest BCUT2D eigenvalue weighted by Crippen LogP contribution is -2.33. The van der Waals surface area contributed by atoms with E-state index in [2.05, 4.69) is 15.4 Å². The van der Waals surface area contributed by atoms with Gasteiger partial charge < -0.3 is 5.32 Å². The van der Waals surface area contributed by atoms with Crippen LogP contribution in [0.25, 0.3) is 11.0 Å². The minimum Gasteiger partial charge on any atom is -0.348 e. The molecule has 0 fully saturated rings. The van der Waals surface area contributed by atoms with Gasteiger partial charge in [-0.25, -0.2) is 18.1 Å². The molecule has 0 aliphatic carbocycles. The van der Waals surface area contributed by atoms with Gasteiger partial charge in [0, 0.05) is 31.1 Å². The number of pyridine rings is 1. The Morgan fingerprint density at radius 3 is 2.39 bits per heavy atom. The van der Waals surface area contributed by atoms with Crippen LogP contribution in [-0.4, -0.2) is 46.5 Å². The third-order valence-electron chi connectivity index (χ3n) is 5.27. The fraction of sp³-hybridized carbons (Fsp3) is 0.409. The third kappa shape index (κ3) is 4.62. The first kappa shape index (κ1) is 22.9. The molecule has 0 unspecified atom stereocenters. The van der Waals surface area contributed by atoms with Crippen LogP contribution >= 0.6 is 0 Å². The molecule has 0 radical (unpaired) electrons. The lowest BCUT2D eigenvalue weighted by Gasteiger charge is -2.21. The molecule has 166 valence electrons.